The molecule has 22 heavy (non-hydrogen) atoms. The van der Waals surface area contributed by atoms with Crippen molar-refractivity contribution >= 4 is 17.6 Å². The summed E-state index contributed by atoms with van der Waals surface area (Å²) in [7, 11) is 4.25. The number of nitrogens with zero attached hydrogens (tertiary/aromatic N) is 1. The number of benzene rings is 1. The fourth-order valence-electron chi connectivity index (χ4n) is 2.47. The molecule has 0 saturated heterocycles. The molecule has 1 heterocycles. The molecule has 0 unspecified atom stereocenters. The van der Waals surface area contributed by atoms with E-state index in [-0.39, 0.29) is 6.54 Å². The number of hydrogen-bond acceptors (Lipinski definition) is 5. The molecule has 118 valence electrons. The van der Waals surface area contributed by atoms with Crippen LogP contribution in [0.2, 0.25) is 0 Å². The van der Waals surface area contributed by atoms with Gasteiger partial charge in [-0.15, -0.1) is 0 Å². The van der Waals surface area contributed by atoms with Crippen LogP contribution in [0.15, 0.2) is 29.8 Å². The van der Waals surface area contributed by atoms with Crippen LogP contribution in [-0.4, -0.2) is 51.4 Å². The van der Waals surface area contributed by atoms with Gasteiger partial charge in [-0.3, -0.25) is 0 Å². The number of methoxy groups -OCH3 is 3. The van der Waals surface area contributed by atoms with Crippen molar-refractivity contribution in [3.05, 3.63) is 35.4 Å². The van der Waals surface area contributed by atoms with Gasteiger partial charge in [0.25, 0.3) is 0 Å². The van der Waals surface area contributed by atoms with E-state index in [1.165, 1.54) is 19.1 Å². The lowest BCUT2D eigenvalue weighted by Gasteiger charge is -2.29. The Labute approximate surface area is 129 Å². The molecule has 1 aliphatic rings. The second kappa shape index (κ2) is 6.98. The van der Waals surface area contributed by atoms with Gasteiger partial charge in [0.05, 0.1) is 33.4 Å². The van der Waals surface area contributed by atoms with Gasteiger partial charge in [0.15, 0.2) is 0 Å². The van der Waals surface area contributed by atoms with Crippen LogP contribution in [0.1, 0.15) is 12.0 Å². The quantitative estimate of drug-likeness (QED) is 0.800. The Kier molecular flexibility index (Phi) is 5.04. The Balaban J connectivity index is 2.36. The van der Waals surface area contributed by atoms with Gasteiger partial charge in [-0.05, 0) is 29.7 Å². The predicted octanol–water partition coefficient (Wildman–Crippen LogP) is 2.09. The third-order valence-electron chi connectivity index (χ3n) is 3.65. The lowest BCUT2D eigenvalue weighted by Crippen LogP contribution is -2.38. The molecule has 0 bridgehead atoms. The fourth-order valence-corrected chi connectivity index (χ4v) is 2.47. The molecule has 0 aliphatic carbocycles. The summed E-state index contributed by atoms with van der Waals surface area (Å²) in [5.41, 5.74) is 2.28. The normalized spacial score (nSPS) is 14.6. The molecule has 1 aromatic carbocycles. The number of ether oxygens (including phenoxy) is 3. The maximum Gasteiger partial charge on any atom is 0.409 e. The Hall–Kier alpha value is -2.50. The molecule has 0 N–H and O–H groups in total. The molecule has 2 rings (SSSR count). The molecule has 1 aromatic rings. The minimum atomic E-state index is -0.449. The number of rotatable bonds is 3. The summed E-state index contributed by atoms with van der Waals surface area (Å²) in [6, 6.07) is 7.46. The largest absolute Gasteiger partial charge is 0.497 e. The van der Waals surface area contributed by atoms with Crippen LogP contribution in [0.5, 0.6) is 5.75 Å². The smallest absolute Gasteiger partial charge is 0.409 e. The van der Waals surface area contributed by atoms with Gasteiger partial charge >= 0.3 is 12.1 Å². The number of carbonyl (C=O) groups is 2. The van der Waals surface area contributed by atoms with Crippen LogP contribution in [-0.2, 0) is 14.3 Å². The Morgan fingerprint density at radius 2 is 1.73 bits per heavy atom. The van der Waals surface area contributed by atoms with Crippen LogP contribution in [0.3, 0.4) is 0 Å². The maximum absolute atomic E-state index is 12.0. The monoisotopic (exact) mass is 305 g/mol. The predicted molar refractivity (Wildman–Crippen MR) is 80.5 cm³/mol. The number of carbonyl (C=O) groups excluding carboxylic acids is 2. The molecule has 1 amide bonds. The van der Waals surface area contributed by atoms with Crippen LogP contribution in [0, 0.1) is 0 Å². The van der Waals surface area contributed by atoms with Crippen molar-refractivity contribution in [3.63, 3.8) is 0 Å². The highest BCUT2D eigenvalue weighted by Gasteiger charge is 2.28. The molecule has 0 spiro atoms. The van der Waals surface area contributed by atoms with E-state index in [0.717, 1.165) is 16.9 Å². The summed E-state index contributed by atoms with van der Waals surface area (Å²) in [5.74, 6) is 0.315. The summed E-state index contributed by atoms with van der Waals surface area (Å²) in [6.07, 6.45) is 0.112. The van der Waals surface area contributed by atoms with E-state index in [0.29, 0.717) is 18.5 Å². The van der Waals surface area contributed by atoms with Gasteiger partial charge < -0.3 is 19.1 Å². The van der Waals surface area contributed by atoms with Gasteiger partial charge in [-0.25, -0.2) is 9.59 Å². The molecule has 1 aliphatic heterocycles. The third kappa shape index (κ3) is 3.21. The molecule has 0 fully saturated rings. The topological polar surface area (TPSA) is 65.1 Å². The minimum absolute atomic E-state index is 0.181. The molecule has 0 radical (unpaired) electrons. The molecule has 6 nitrogen and oxygen atoms in total. The zero-order valence-electron chi connectivity index (χ0n) is 12.9. The SMILES string of the molecule is COC(=O)C1=C(c2ccc(OC)cc2)CCN(C(=O)OC)C1. The van der Waals surface area contributed by atoms with Gasteiger partial charge in [0.2, 0.25) is 0 Å². The van der Waals surface area contributed by atoms with E-state index >= 15 is 0 Å². The average molecular weight is 305 g/mol. The van der Waals surface area contributed by atoms with E-state index in [2.05, 4.69) is 0 Å². The lowest BCUT2D eigenvalue weighted by atomic mass is 9.93. The van der Waals surface area contributed by atoms with Crippen LogP contribution < -0.4 is 4.74 Å². The Bertz CT molecular complexity index is 591. The maximum atomic E-state index is 12.0. The standard InChI is InChI=1S/C16H19NO5/c1-20-12-6-4-11(5-7-12)13-8-9-17(16(19)22-3)10-14(13)15(18)21-2/h4-7H,8-10H2,1-3H3. The third-order valence-corrected chi connectivity index (χ3v) is 3.65. The van der Waals surface area contributed by atoms with E-state index < -0.39 is 12.1 Å². The first-order valence-electron chi connectivity index (χ1n) is 6.88. The second-order valence-corrected chi connectivity index (χ2v) is 4.82. The van der Waals surface area contributed by atoms with E-state index in [1.54, 1.807) is 7.11 Å². The van der Waals surface area contributed by atoms with Crippen molar-refractivity contribution in [2.75, 3.05) is 34.4 Å². The fraction of sp³-hybridized carbons (Fsp3) is 0.375. The molecule has 0 atom stereocenters. The molecular formula is C16H19NO5. The van der Waals surface area contributed by atoms with Crippen molar-refractivity contribution in [1.29, 1.82) is 0 Å². The van der Waals surface area contributed by atoms with Crippen molar-refractivity contribution in [3.8, 4) is 5.75 Å². The number of amides is 1. The highest BCUT2D eigenvalue weighted by Crippen LogP contribution is 2.29. The summed E-state index contributed by atoms with van der Waals surface area (Å²) >= 11 is 0. The van der Waals surface area contributed by atoms with Crippen molar-refractivity contribution < 1.29 is 23.8 Å². The van der Waals surface area contributed by atoms with Gasteiger partial charge in [-0.2, -0.15) is 0 Å². The van der Waals surface area contributed by atoms with Crippen LogP contribution >= 0.6 is 0 Å². The highest BCUT2D eigenvalue weighted by molar-refractivity contribution is 5.99. The minimum Gasteiger partial charge on any atom is -0.497 e. The van der Waals surface area contributed by atoms with E-state index in [9.17, 15) is 9.59 Å². The summed E-state index contributed by atoms with van der Waals surface area (Å²) in [6.45, 7) is 0.676. The summed E-state index contributed by atoms with van der Waals surface area (Å²) in [4.78, 5) is 25.2. The number of esters is 1. The van der Waals surface area contributed by atoms with Crippen LogP contribution in [0.25, 0.3) is 5.57 Å². The zero-order chi connectivity index (χ0) is 16.1. The van der Waals surface area contributed by atoms with Crippen molar-refractivity contribution in [2.24, 2.45) is 0 Å². The second-order valence-electron chi connectivity index (χ2n) is 4.82. The van der Waals surface area contributed by atoms with E-state index in [1.807, 2.05) is 24.3 Å². The van der Waals surface area contributed by atoms with Crippen LogP contribution in [0.4, 0.5) is 4.79 Å². The first kappa shape index (κ1) is 15.9. The first-order valence-corrected chi connectivity index (χ1v) is 6.88. The van der Waals surface area contributed by atoms with Crippen molar-refractivity contribution in [2.45, 2.75) is 6.42 Å². The number of hydrogen-bond donors (Lipinski definition) is 0. The Morgan fingerprint density at radius 3 is 2.27 bits per heavy atom. The van der Waals surface area contributed by atoms with E-state index in [4.69, 9.17) is 14.2 Å². The zero-order valence-corrected chi connectivity index (χ0v) is 12.9. The molecule has 0 aromatic heterocycles. The summed E-state index contributed by atoms with van der Waals surface area (Å²) in [5, 5.41) is 0. The van der Waals surface area contributed by atoms with Gasteiger partial charge in [-0.1, -0.05) is 12.1 Å². The molecule has 0 saturated carbocycles. The first-order chi connectivity index (χ1) is 10.6. The Morgan fingerprint density at radius 1 is 1.05 bits per heavy atom. The summed E-state index contributed by atoms with van der Waals surface area (Å²) < 4.78 is 14.7. The molecular weight excluding hydrogens is 286 g/mol. The van der Waals surface area contributed by atoms with Crippen molar-refractivity contribution in [1.82, 2.24) is 4.90 Å². The highest BCUT2D eigenvalue weighted by atomic mass is 16.5. The average Bonchev–Trinajstić information content (AvgIpc) is 2.59. The van der Waals surface area contributed by atoms with Gasteiger partial charge in [0, 0.05) is 6.54 Å². The van der Waals surface area contributed by atoms with Gasteiger partial charge in [0.1, 0.15) is 5.75 Å². The lowest BCUT2D eigenvalue weighted by molar-refractivity contribution is -0.136. The molecule has 6 heteroatoms.